The Morgan fingerprint density at radius 1 is 1.44 bits per heavy atom. The van der Waals surface area contributed by atoms with Crippen molar-refractivity contribution in [2.45, 2.75) is 25.3 Å². The van der Waals surface area contributed by atoms with E-state index in [0.717, 1.165) is 29.8 Å². The van der Waals surface area contributed by atoms with Gasteiger partial charge in [-0.1, -0.05) is 35.3 Å². The minimum atomic E-state index is 0.282. The number of halogens is 2. The smallest absolute Gasteiger partial charge is 0.0468 e. The van der Waals surface area contributed by atoms with E-state index in [1.165, 1.54) is 0 Å². The van der Waals surface area contributed by atoms with E-state index in [0.29, 0.717) is 5.02 Å². The lowest BCUT2D eigenvalue weighted by Crippen LogP contribution is -2.16. The van der Waals surface area contributed by atoms with Crippen LogP contribution in [0.1, 0.15) is 30.9 Å². The first-order valence-corrected chi connectivity index (χ1v) is 6.17. The summed E-state index contributed by atoms with van der Waals surface area (Å²) >= 11 is 12.0. The van der Waals surface area contributed by atoms with Gasteiger partial charge in [0.15, 0.2) is 0 Å². The third-order valence-corrected chi connectivity index (χ3v) is 3.15. The average molecular weight is 258 g/mol. The maximum Gasteiger partial charge on any atom is 0.0468 e. The number of hydrogen-bond acceptors (Lipinski definition) is 1. The lowest BCUT2D eigenvalue weighted by atomic mass is 10.0. The standard InChI is InChI=1S/C13H17Cl2N/c1-3-4-5-6-13(16-2)11-8-7-10(14)9-12(11)15/h3,7-9,13,16H,1,4-6H2,2H3. The molecule has 0 saturated carbocycles. The fourth-order valence-corrected chi connectivity index (χ4v) is 2.25. The first-order chi connectivity index (χ1) is 7.69. The monoisotopic (exact) mass is 257 g/mol. The van der Waals surface area contributed by atoms with E-state index >= 15 is 0 Å². The van der Waals surface area contributed by atoms with Gasteiger partial charge in [-0.05, 0) is 44.0 Å². The van der Waals surface area contributed by atoms with E-state index in [4.69, 9.17) is 23.2 Å². The number of hydrogen-bond donors (Lipinski definition) is 1. The summed E-state index contributed by atoms with van der Waals surface area (Å²) in [7, 11) is 1.95. The Morgan fingerprint density at radius 2 is 2.19 bits per heavy atom. The maximum atomic E-state index is 6.17. The van der Waals surface area contributed by atoms with Gasteiger partial charge in [-0.3, -0.25) is 0 Å². The van der Waals surface area contributed by atoms with Crippen LogP contribution in [0.5, 0.6) is 0 Å². The second-order valence-corrected chi connectivity index (χ2v) is 4.57. The van der Waals surface area contributed by atoms with Gasteiger partial charge in [-0.2, -0.15) is 0 Å². The van der Waals surface area contributed by atoms with Crippen molar-refractivity contribution < 1.29 is 0 Å². The number of unbranched alkanes of at least 4 members (excludes halogenated alkanes) is 1. The van der Waals surface area contributed by atoms with E-state index in [-0.39, 0.29) is 6.04 Å². The Bertz CT molecular complexity index is 350. The van der Waals surface area contributed by atoms with Gasteiger partial charge in [-0.25, -0.2) is 0 Å². The quantitative estimate of drug-likeness (QED) is 0.580. The maximum absolute atomic E-state index is 6.17. The lowest BCUT2D eigenvalue weighted by molar-refractivity contribution is 0.530. The van der Waals surface area contributed by atoms with Gasteiger partial charge in [-0.15, -0.1) is 6.58 Å². The molecule has 1 unspecified atom stereocenters. The molecule has 1 aromatic carbocycles. The van der Waals surface area contributed by atoms with Crippen LogP contribution < -0.4 is 5.32 Å². The molecule has 0 saturated heterocycles. The molecule has 1 rings (SSSR count). The van der Waals surface area contributed by atoms with Gasteiger partial charge in [0.25, 0.3) is 0 Å². The van der Waals surface area contributed by atoms with Crippen molar-refractivity contribution in [3.05, 3.63) is 46.5 Å². The van der Waals surface area contributed by atoms with Crippen molar-refractivity contribution >= 4 is 23.2 Å². The first-order valence-electron chi connectivity index (χ1n) is 5.42. The Balaban J connectivity index is 2.74. The number of allylic oxidation sites excluding steroid dienone is 1. The van der Waals surface area contributed by atoms with Crippen LogP contribution in [-0.2, 0) is 0 Å². The zero-order valence-electron chi connectivity index (χ0n) is 9.47. The van der Waals surface area contributed by atoms with Crippen molar-refractivity contribution in [1.29, 1.82) is 0 Å². The fourth-order valence-electron chi connectivity index (χ4n) is 1.71. The second-order valence-electron chi connectivity index (χ2n) is 3.73. The molecule has 0 aliphatic rings. The predicted octanol–water partition coefficient (Wildman–Crippen LogP) is 4.61. The molecule has 0 aliphatic carbocycles. The Morgan fingerprint density at radius 3 is 2.75 bits per heavy atom. The van der Waals surface area contributed by atoms with Crippen molar-refractivity contribution in [3.63, 3.8) is 0 Å². The summed E-state index contributed by atoms with van der Waals surface area (Å²) in [5, 5.41) is 4.68. The molecule has 0 aromatic heterocycles. The zero-order chi connectivity index (χ0) is 12.0. The van der Waals surface area contributed by atoms with Gasteiger partial charge >= 0.3 is 0 Å². The third-order valence-electron chi connectivity index (χ3n) is 2.59. The molecule has 3 heteroatoms. The minimum absolute atomic E-state index is 0.282. The molecule has 0 amide bonds. The molecular formula is C13H17Cl2N. The fraction of sp³-hybridized carbons (Fsp3) is 0.385. The van der Waals surface area contributed by atoms with E-state index in [9.17, 15) is 0 Å². The molecule has 0 bridgehead atoms. The number of benzene rings is 1. The van der Waals surface area contributed by atoms with Gasteiger partial charge in [0.2, 0.25) is 0 Å². The highest BCUT2D eigenvalue weighted by atomic mass is 35.5. The highest BCUT2D eigenvalue weighted by Gasteiger charge is 2.12. The zero-order valence-corrected chi connectivity index (χ0v) is 11.0. The SMILES string of the molecule is C=CCCCC(NC)c1ccc(Cl)cc1Cl. The minimum Gasteiger partial charge on any atom is -0.313 e. The van der Waals surface area contributed by atoms with E-state index < -0.39 is 0 Å². The normalized spacial score (nSPS) is 12.4. The Labute approximate surface area is 107 Å². The number of rotatable bonds is 6. The van der Waals surface area contributed by atoms with Crippen LogP contribution in [0, 0.1) is 0 Å². The van der Waals surface area contributed by atoms with Crippen LogP contribution in [0.4, 0.5) is 0 Å². The van der Waals surface area contributed by atoms with Crippen LogP contribution in [-0.4, -0.2) is 7.05 Å². The second kappa shape index (κ2) is 6.95. The average Bonchev–Trinajstić information content (AvgIpc) is 2.26. The van der Waals surface area contributed by atoms with Gasteiger partial charge in [0.1, 0.15) is 0 Å². The molecule has 1 atom stereocenters. The Kier molecular flexibility index (Phi) is 5.89. The molecule has 1 nitrogen and oxygen atoms in total. The largest absolute Gasteiger partial charge is 0.313 e. The first kappa shape index (κ1) is 13.6. The highest BCUT2D eigenvalue weighted by molar-refractivity contribution is 6.35. The molecule has 1 aromatic rings. The molecule has 88 valence electrons. The third kappa shape index (κ3) is 3.82. The van der Waals surface area contributed by atoms with Crippen molar-refractivity contribution in [2.24, 2.45) is 0 Å². The summed E-state index contributed by atoms with van der Waals surface area (Å²) in [6.07, 6.45) is 5.12. The topological polar surface area (TPSA) is 12.0 Å². The summed E-state index contributed by atoms with van der Waals surface area (Å²) < 4.78 is 0. The van der Waals surface area contributed by atoms with Crippen molar-refractivity contribution in [3.8, 4) is 0 Å². The summed E-state index contributed by atoms with van der Waals surface area (Å²) in [5.41, 5.74) is 1.11. The summed E-state index contributed by atoms with van der Waals surface area (Å²) in [5.74, 6) is 0. The van der Waals surface area contributed by atoms with Crippen LogP contribution >= 0.6 is 23.2 Å². The molecule has 1 N–H and O–H groups in total. The molecule has 0 radical (unpaired) electrons. The molecule has 0 spiro atoms. The van der Waals surface area contributed by atoms with Gasteiger partial charge < -0.3 is 5.32 Å². The highest BCUT2D eigenvalue weighted by Crippen LogP contribution is 2.28. The van der Waals surface area contributed by atoms with Crippen LogP contribution in [0.25, 0.3) is 0 Å². The molecule has 0 aliphatic heterocycles. The van der Waals surface area contributed by atoms with E-state index in [1.54, 1.807) is 6.07 Å². The van der Waals surface area contributed by atoms with Crippen LogP contribution in [0.2, 0.25) is 10.0 Å². The predicted molar refractivity (Wildman–Crippen MR) is 72.3 cm³/mol. The summed E-state index contributed by atoms with van der Waals surface area (Å²) in [4.78, 5) is 0. The molecule has 0 heterocycles. The summed E-state index contributed by atoms with van der Waals surface area (Å²) in [6, 6.07) is 5.93. The number of nitrogens with one attached hydrogen (secondary N) is 1. The molecule has 16 heavy (non-hydrogen) atoms. The van der Waals surface area contributed by atoms with Crippen molar-refractivity contribution in [2.75, 3.05) is 7.05 Å². The van der Waals surface area contributed by atoms with Crippen LogP contribution in [0.15, 0.2) is 30.9 Å². The van der Waals surface area contributed by atoms with Gasteiger partial charge in [0.05, 0.1) is 0 Å². The van der Waals surface area contributed by atoms with Crippen molar-refractivity contribution in [1.82, 2.24) is 5.32 Å². The lowest BCUT2D eigenvalue weighted by Gasteiger charge is -2.17. The Hall–Kier alpha value is -0.500. The summed E-state index contributed by atoms with van der Waals surface area (Å²) in [6.45, 7) is 3.72. The molecular weight excluding hydrogens is 241 g/mol. The van der Waals surface area contributed by atoms with Gasteiger partial charge in [0, 0.05) is 16.1 Å². The van der Waals surface area contributed by atoms with E-state index in [1.807, 2.05) is 25.3 Å². The molecule has 0 fully saturated rings. The van der Waals surface area contributed by atoms with Crippen LogP contribution in [0.3, 0.4) is 0 Å². The van der Waals surface area contributed by atoms with E-state index in [2.05, 4.69) is 11.9 Å².